The van der Waals surface area contributed by atoms with Crippen molar-refractivity contribution in [2.45, 2.75) is 39.0 Å². The maximum Gasteiger partial charge on any atom is 0.155 e. The number of carbonyl (C=O) groups is 3. The molecule has 78 valence electrons. The van der Waals surface area contributed by atoms with Gasteiger partial charge in [-0.15, -0.1) is 0 Å². The summed E-state index contributed by atoms with van der Waals surface area (Å²) in [6.07, 6.45) is 3.19. The number of rotatable bonds is 8. The van der Waals surface area contributed by atoms with E-state index in [1.54, 1.807) is 0 Å². The second-order valence-electron chi connectivity index (χ2n) is 3.26. The van der Waals surface area contributed by atoms with E-state index in [0.717, 1.165) is 0 Å². The lowest BCUT2D eigenvalue weighted by molar-refractivity contribution is -0.123. The van der Waals surface area contributed by atoms with Crippen LogP contribution in [0.5, 0.6) is 0 Å². The average molecular weight is 196 g/mol. The molecule has 0 aromatic heterocycles. The summed E-state index contributed by atoms with van der Waals surface area (Å²) in [7, 11) is 0. The standard InChI is InChI=1S/C11H16O3/c1-3-10(13)5-4-6-11(14)8-7-9(2)12/h3H,1,4-8H2,2H3. The summed E-state index contributed by atoms with van der Waals surface area (Å²) in [6, 6.07) is 0. The van der Waals surface area contributed by atoms with Gasteiger partial charge in [0.05, 0.1) is 0 Å². The minimum absolute atomic E-state index is 0.0283. The Bertz CT molecular complexity index is 241. The van der Waals surface area contributed by atoms with E-state index in [4.69, 9.17) is 0 Å². The molecule has 0 aromatic carbocycles. The van der Waals surface area contributed by atoms with Crippen LogP contribution in [0.2, 0.25) is 0 Å². The first-order chi connectivity index (χ1) is 6.56. The quantitative estimate of drug-likeness (QED) is 0.557. The third-order valence-corrected chi connectivity index (χ3v) is 1.86. The lowest BCUT2D eigenvalue weighted by atomic mass is 10.1. The Morgan fingerprint density at radius 2 is 1.71 bits per heavy atom. The lowest BCUT2D eigenvalue weighted by Crippen LogP contribution is -2.02. The molecule has 0 fully saturated rings. The van der Waals surface area contributed by atoms with Crippen LogP contribution in [0, 0.1) is 0 Å². The Labute approximate surface area is 84.2 Å². The fourth-order valence-corrected chi connectivity index (χ4v) is 1.00. The molecular formula is C11H16O3. The highest BCUT2D eigenvalue weighted by Gasteiger charge is 2.04. The highest BCUT2D eigenvalue weighted by molar-refractivity contribution is 5.89. The first-order valence-corrected chi connectivity index (χ1v) is 4.72. The van der Waals surface area contributed by atoms with Gasteiger partial charge in [0.2, 0.25) is 0 Å². The van der Waals surface area contributed by atoms with Gasteiger partial charge in [0.25, 0.3) is 0 Å². The van der Waals surface area contributed by atoms with Gasteiger partial charge in [0, 0.05) is 25.7 Å². The lowest BCUT2D eigenvalue weighted by Gasteiger charge is -1.97. The van der Waals surface area contributed by atoms with E-state index in [-0.39, 0.29) is 17.3 Å². The smallest absolute Gasteiger partial charge is 0.155 e. The molecule has 0 saturated carbocycles. The van der Waals surface area contributed by atoms with Crippen LogP contribution in [0.25, 0.3) is 0 Å². The number of hydrogen-bond donors (Lipinski definition) is 0. The molecule has 3 nitrogen and oxygen atoms in total. The van der Waals surface area contributed by atoms with E-state index in [1.807, 2.05) is 0 Å². The van der Waals surface area contributed by atoms with Crippen molar-refractivity contribution in [1.82, 2.24) is 0 Å². The van der Waals surface area contributed by atoms with E-state index in [1.165, 1.54) is 13.0 Å². The fraction of sp³-hybridized carbons (Fsp3) is 0.545. The second-order valence-corrected chi connectivity index (χ2v) is 3.26. The van der Waals surface area contributed by atoms with Crippen LogP contribution in [-0.2, 0) is 14.4 Å². The van der Waals surface area contributed by atoms with Crippen LogP contribution in [0.1, 0.15) is 39.0 Å². The maximum atomic E-state index is 11.1. The molecule has 0 bridgehead atoms. The van der Waals surface area contributed by atoms with E-state index in [2.05, 4.69) is 6.58 Å². The summed E-state index contributed by atoms with van der Waals surface area (Å²) < 4.78 is 0. The topological polar surface area (TPSA) is 51.2 Å². The molecule has 0 atom stereocenters. The molecule has 0 aliphatic rings. The molecular weight excluding hydrogens is 180 g/mol. The predicted octanol–water partition coefficient (Wildman–Crippen LogP) is 1.85. The zero-order chi connectivity index (χ0) is 11.0. The van der Waals surface area contributed by atoms with Gasteiger partial charge >= 0.3 is 0 Å². The Kier molecular flexibility index (Phi) is 6.54. The van der Waals surface area contributed by atoms with Crippen molar-refractivity contribution >= 4 is 17.3 Å². The second kappa shape index (κ2) is 7.18. The summed E-state index contributed by atoms with van der Waals surface area (Å²) in [5.74, 6) is 0.0435. The van der Waals surface area contributed by atoms with Crippen LogP contribution in [0.4, 0.5) is 0 Å². The highest BCUT2D eigenvalue weighted by Crippen LogP contribution is 2.02. The summed E-state index contributed by atoms with van der Waals surface area (Å²) in [5, 5.41) is 0. The van der Waals surface area contributed by atoms with E-state index >= 15 is 0 Å². The highest BCUT2D eigenvalue weighted by atomic mass is 16.1. The van der Waals surface area contributed by atoms with E-state index < -0.39 is 0 Å². The zero-order valence-corrected chi connectivity index (χ0v) is 8.54. The van der Waals surface area contributed by atoms with Crippen molar-refractivity contribution in [2.75, 3.05) is 0 Å². The SMILES string of the molecule is C=CC(=O)CCCC(=O)CCC(C)=O. The monoisotopic (exact) mass is 196 g/mol. The van der Waals surface area contributed by atoms with E-state index in [9.17, 15) is 14.4 Å². The van der Waals surface area contributed by atoms with Gasteiger partial charge in [-0.1, -0.05) is 6.58 Å². The molecule has 0 radical (unpaired) electrons. The molecule has 0 aromatic rings. The molecule has 0 rings (SSSR count). The number of Topliss-reactive ketones (excluding diaryl/α,β-unsaturated/α-hetero) is 2. The summed E-state index contributed by atoms with van der Waals surface area (Å²) >= 11 is 0. The van der Waals surface area contributed by atoms with Crippen LogP contribution >= 0.6 is 0 Å². The summed E-state index contributed by atoms with van der Waals surface area (Å²) in [5.41, 5.74) is 0. The normalized spacial score (nSPS) is 9.50. The van der Waals surface area contributed by atoms with Crippen molar-refractivity contribution in [3.8, 4) is 0 Å². The van der Waals surface area contributed by atoms with Crippen molar-refractivity contribution < 1.29 is 14.4 Å². The van der Waals surface area contributed by atoms with Crippen molar-refractivity contribution in [3.05, 3.63) is 12.7 Å². The minimum Gasteiger partial charge on any atom is -0.300 e. The molecule has 0 saturated heterocycles. The van der Waals surface area contributed by atoms with Crippen LogP contribution in [0.15, 0.2) is 12.7 Å². The molecule has 0 spiro atoms. The number of carbonyl (C=O) groups excluding carboxylic acids is 3. The Hall–Kier alpha value is -1.25. The van der Waals surface area contributed by atoms with Gasteiger partial charge in [-0.3, -0.25) is 9.59 Å². The van der Waals surface area contributed by atoms with Crippen molar-refractivity contribution in [2.24, 2.45) is 0 Å². The Morgan fingerprint density at radius 3 is 2.21 bits per heavy atom. The van der Waals surface area contributed by atoms with Gasteiger partial charge in [-0.25, -0.2) is 0 Å². The Morgan fingerprint density at radius 1 is 1.07 bits per heavy atom. The van der Waals surface area contributed by atoms with Crippen molar-refractivity contribution in [1.29, 1.82) is 0 Å². The minimum atomic E-state index is -0.0376. The fourth-order valence-electron chi connectivity index (χ4n) is 1.00. The molecule has 0 heterocycles. The first-order valence-electron chi connectivity index (χ1n) is 4.72. The third kappa shape index (κ3) is 7.40. The van der Waals surface area contributed by atoms with Crippen LogP contribution < -0.4 is 0 Å². The zero-order valence-electron chi connectivity index (χ0n) is 8.54. The third-order valence-electron chi connectivity index (χ3n) is 1.86. The van der Waals surface area contributed by atoms with Gasteiger partial charge in [0.1, 0.15) is 11.6 Å². The number of allylic oxidation sites excluding steroid dienone is 1. The molecule has 3 heteroatoms. The average Bonchev–Trinajstić information content (AvgIpc) is 2.14. The molecule has 0 aliphatic carbocycles. The summed E-state index contributed by atoms with van der Waals surface area (Å²) in [4.78, 5) is 32.5. The van der Waals surface area contributed by atoms with Crippen LogP contribution in [-0.4, -0.2) is 17.3 Å². The largest absolute Gasteiger partial charge is 0.300 e. The molecule has 0 aliphatic heterocycles. The molecule has 14 heavy (non-hydrogen) atoms. The number of hydrogen-bond acceptors (Lipinski definition) is 3. The molecule has 0 amide bonds. The van der Waals surface area contributed by atoms with Gasteiger partial charge in [-0.2, -0.15) is 0 Å². The predicted molar refractivity (Wildman–Crippen MR) is 54.0 cm³/mol. The van der Waals surface area contributed by atoms with Gasteiger partial charge < -0.3 is 4.79 Å². The molecule has 0 unspecified atom stereocenters. The van der Waals surface area contributed by atoms with Crippen LogP contribution in [0.3, 0.4) is 0 Å². The number of ketones is 3. The van der Waals surface area contributed by atoms with Crippen molar-refractivity contribution in [3.63, 3.8) is 0 Å². The Balaban J connectivity index is 3.49. The maximum absolute atomic E-state index is 11.1. The van der Waals surface area contributed by atoms with Gasteiger partial charge in [-0.05, 0) is 19.4 Å². The first kappa shape index (κ1) is 12.8. The van der Waals surface area contributed by atoms with E-state index in [0.29, 0.717) is 32.1 Å². The van der Waals surface area contributed by atoms with Gasteiger partial charge in [0.15, 0.2) is 5.78 Å². The summed E-state index contributed by atoms with van der Waals surface area (Å²) in [6.45, 7) is 4.81. The molecule has 0 N–H and O–H groups in total.